The molecule has 2 heterocycles. The summed E-state index contributed by atoms with van der Waals surface area (Å²) in [6, 6.07) is 0. The van der Waals surface area contributed by atoms with Crippen LogP contribution in [0.25, 0.3) is 0 Å². The summed E-state index contributed by atoms with van der Waals surface area (Å²) in [5, 5.41) is 0. The van der Waals surface area contributed by atoms with E-state index in [0.717, 1.165) is 39.4 Å². The minimum Gasteiger partial charge on any atom is -0.368 e. The summed E-state index contributed by atoms with van der Waals surface area (Å²) in [7, 11) is 0. The summed E-state index contributed by atoms with van der Waals surface area (Å²) in [5.74, 6) is 0. The molecule has 3 aliphatic rings. The Morgan fingerprint density at radius 1 is 1.09 bits per heavy atom. The number of rotatable bonds is 1. The van der Waals surface area contributed by atoms with Gasteiger partial charge in [-0.1, -0.05) is 13.8 Å². The van der Waals surface area contributed by atoms with Crippen molar-refractivity contribution in [3.8, 4) is 0 Å². The summed E-state index contributed by atoms with van der Waals surface area (Å²) >= 11 is 0. The Hall–Kier alpha value is -0.710. The lowest BCUT2D eigenvalue weighted by Gasteiger charge is -2.37. The number of quaternary nitrogens is 1. The molecular formula is C18H32N2O2+2. The molecule has 0 amide bonds. The van der Waals surface area contributed by atoms with Crippen molar-refractivity contribution in [3.05, 3.63) is 11.8 Å². The van der Waals surface area contributed by atoms with Gasteiger partial charge in [0.1, 0.15) is 44.2 Å². The lowest BCUT2D eigenvalue weighted by Crippen LogP contribution is -3.14. The third-order valence-corrected chi connectivity index (χ3v) is 5.07. The SMILES string of the molecule is C[C@@H]1C[NH+](C2=CC(=[N+]3CCOCC3)CC(C)(C)C2)C[C@@H](C)O1. The largest absolute Gasteiger partial charge is 0.368 e. The molecule has 1 aliphatic carbocycles. The van der Waals surface area contributed by atoms with Gasteiger partial charge in [0.05, 0.1) is 6.08 Å². The molecule has 2 aliphatic heterocycles. The molecule has 2 fully saturated rings. The topological polar surface area (TPSA) is 25.9 Å². The van der Waals surface area contributed by atoms with E-state index in [1.54, 1.807) is 10.6 Å². The Morgan fingerprint density at radius 2 is 1.73 bits per heavy atom. The third kappa shape index (κ3) is 3.79. The molecule has 2 atom stereocenters. The highest BCUT2D eigenvalue weighted by Crippen LogP contribution is 2.32. The molecule has 0 unspecified atom stereocenters. The maximum Gasteiger partial charge on any atom is 0.182 e. The Bertz CT molecular complexity index is 463. The van der Waals surface area contributed by atoms with Gasteiger partial charge in [0.15, 0.2) is 18.8 Å². The van der Waals surface area contributed by atoms with Gasteiger partial charge >= 0.3 is 0 Å². The molecule has 4 nitrogen and oxygen atoms in total. The van der Waals surface area contributed by atoms with E-state index < -0.39 is 0 Å². The van der Waals surface area contributed by atoms with E-state index in [1.807, 2.05) is 0 Å². The van der Waals surface area contributed by atoms with Gasteiger partial charge in [0.25, 0.3) is 0 Å². The summed E-state index contributed by atoms with van der Waals surface area (Å²) in [5.41, 5.74) is 3.46. The standard InChI is InChI=1S/C18H31N2O2/c1-14-12-20(13-15(2)22-14)17-9-16(10-18(3,4)11-17)19-5-7-21-8-6-19/h9,14-15H,5-8,10-13H2,1-4H3/q+1/p+1/t14-,15-/m1/s1. The van der Waals surface area contributed by atoms with Crippen molar-refractivity contribution in [3.63, 3.8) is 0 Å². The molecule has 3 rings (SSSR count). The van der Waals surface area contributed by atoms with Gasteiger partial charge in [0.2, 0.25) is 0 Å². The molecule has 22 heavy (non-hydrogen) atoms. The van der Waals surface area contributed by atoms with Gasteiger partial charge in [-0.05, 0) is 19.3 Å². The number of hydrogen-bond donors (Lipinski definition) is 1. The van der Waals surface area contributed by atoms with Crippen LogP contribution in [-0.4, -0.2) is 61.9 Å². The minimum absolute atomic E-state index is 0.357. The molecule has 0 bridgehead atoms. The second kappa shape index (κ2) is 6.42. The minimum atomic E-state index is 0.357. The molecule has 0 aromatic rings. The lowest BCUT2D eigenvalue weighted by molar-refractivity contribution is -0.879. The van der Waals surface area contributed by atoms with Gasteiger partial charge in [-0.2, -0.15) is 0 Å². The number of ether oxygens (including phenoxy) is 2. The quantitative estimate of drug-likeness (QED) is 0.727. The summed E-state index contributed by atoms with van der Waals surface area (Å²) in [6.07, 6.45) is 5.60. The van der Waals surface area contributed by atoms with Crippen LogP contribution in [0.4, 0.5) is 0 Å². The fourth-order valence-electron chi connectivity index (χ4n) is 4.18. The second-order valence-electron chi connectivity index (χ2n) is 8.05. The Kier molecular flexibility index (Phi) is 4.72. The van der Waals surface area contributed by atoms with Crippen LogP contribution < -0.4 is 4.90 Å². The van der Waals surface area contributed by atoms with E-state index in [-0.39, 0.29) is 0 Å². The van der Waals surface area contributed by atoms with Crippen LogP contribution in [0.3, 0.4) is 0 Å². The van der Waals surface area contributed by atoms with Crippen LogP contribution in [-0.2, 0) is 9.47 Å². The van der Waals surface area contributed by atoms with Crippen LogP contribution >= 0.6 is 0 Å². The van der Waals surface area contributed by atoms with Crippen LogP contribution in [0.15, 0.2) is 11.8 Å². The molecule has 0 spiro atoms. The molecule has 0 radical (unpaired) electrons. The monoisotopic (exact) mass is 308 g/mol. The van der Waals surface area contributed by atoms with E-state index in [2.05, 4.69) is 38.3 Å². The fraction of sp³-hybridized carbons (Fsp3) is 0.833. The number of morpholine rings is 2. The average Bonchev–Trinajstić information content (AvgIpc) is 2.45. The van der Waals surface area contributed by atoms with Crippen LogP contribution in [0, 0.1) is 5.41 Å². The van der Waals surface area contributed by atoms with Crippen molar-refractivity contribution in [1.29, 1.82) is 0 Å². The first-order valence-electron chi connectivity index (χ1n) is 8.82. The third-order valence-electron chi connectivity index (χ3n) is 5.07. The number of hydrogen-bond acceptors (Lipinski definition) is 2. The summed E-state index contributed by atoms with van der Waals surface area (Å²) in [4.78, 5) is 1.63. The van der Waals surface area contributed by atoms with E-state index in [1.165, 1.54) is 18.6 Å². The second-order valence-corrected chi connectivity index (χ2v) is 8.05. The number of allylic oxidation sites excluding steroid dienone is 2. The van der Waals surface area contributed by atoms with Gasteiger partial charge in [-0.25, -0.2) is 4.58 Å². The van der Waals surface area contributed by atoms with Gasteiger partial charge in [-0.3, -0.25) is 0 Å². The lowest BCUT2D eigenvalue weighted by atomic mass is 9.77. The highest BCUT2D eigenvalue weighted by Gasteiger charge is 2.38. The molecule has 0 saturated carbocycles. The summed E-state index contributed by atoms with van der Waals surface area (Å²) in [6.45, 7) is 15.2. The van der Waals surface area contributed by atoms with Crippen molar-refractivity contribution in [1.82, 2.24) is 0 Å². The van der Waals surface area contributed by atoms with Crippen molar-refractivity contribution in [2.45, 2.75) is 52.7 Å². The van der Waals surface area contributed by atoms with Gasteiger partial charge < -0.3 is 14.4 Å². The molecule has 124 valence electrons. The first kappa shape index (κ1) is 16.2. The fourth-order valence-corrected chi connectivity index (χ4v) is 4.18. The van der Waals surface area contributed by atoms with Crippen molar-refractivity contribution < 1.29 is 18.9 Å². The Morgan fingerprint density at radius 3 is 2.36 bits per heavy atom. The zero-order valence-electron chi connectivity index (χ0n) is 14.7. The van der Waals surface area contributed by atoms with Crippen LogP contribution in [0.2, 0.25) is 0 Å². The highest BCUT2D eigenvalue weighted by molar-refractivity contribution is 5.92. The van der Waals surface area contributed by atoms with E-state index in [4.69, 9.17) is 9.47 Å². The molecule has 4 heteroatoms. The number of nitrogens with one attached hydrogen (secondary N) is 1. The zero-order valence-corrected chi connectivity index (χ0v) is 14.7. The molecule has 2 saturated heterocycles. The Balaban J connectivity index is 1.86. The first-order chi connectivity index (χ1) is 10.4. The molecular weight excluding hydrogens is 276 g/mol. The highest BCUT2D eigenvalue weighted by atomic mass is 16.5. The predicted molar refractivity (Wildman–Crippen MR) is 87.6 cm³/mol. The van der Waals surface area contributed by atoms with E-state index in [0.29, 0.717) is 17.6 Å². The van der Waals surface area contributed by atoms with Crippen LogP contribution in [0.1, 0.15) is 40.5 Å². The average molecular weight is 308 g/mol. The number of nitrogens with zero attached hydrogens (tertiary/aromatic N) is 1. The van der Waals surface area contributed by atoms with E-state index >= 15 is 0 Å². The molecule has 0 aromatic carbocycles. The molecule has 0 aromatic heterocycles. The van der Waals surface area contributed by atoms with Gasteiger partial charge in [0, 0.05) is 12.8 Å². The molecule has 1 N–H and O–H groups in total. The van der Waals surface area contributed by atoms with Crippen LogP contribution in [0.5, 0.6) is 0 Å². The van der Waals surface area contributed by atoms with Crippen molar-refractivity contribution in [2.75, 3.05) is 39.4 Å². The zero-order chi connectivity index (χ0) is 15.7. The normalized spacial score (nSPS) is 36.2. The smallest absolute Gasteiger partial charge is 0.182 e. The Labute approximate surface area is 134 Å². The maximum atomic E-state index is 5.92. The first-order valence-corrected chi connectivity index (χ1v) is 8.82. The summed E-state index contributed by atoms with van der Waals surface area (Å²) < 4.78 is 14.0. The van der Waals surface area contributed by atoms with Gasteiger partial charge in [-0.15, -0.1) is 0 Å². The van der Waals surface area contributed by atoms with Crippen molar-refractivity contribution in [2.24, 2.45) is 5.41 Å². The van der Waals surface area contributed by atoms with Crippen molar-refractivity contribution >= 4 is 5.71 Å². The maximum absolute atomic E-state index is 5.92. The predicted octanol–water partition coefficient (Wildman–Crippen LogP) is 0.866. The van der Waals surface area contributed by atoms with E-state index in [9.17, 15) is 0 Å².